The molecular weight excluding hydrogens is 306 g/mol. The standard InChI is InChI=1S/C17H17N5O2/c1-22-16(19-20-21-22)13-8-5-9-14(10-13)17(24)18-11-15(23)12-6-3-2-4-7-12/h2-10,15,23H,11H2,1H3,(H,18,24). The van der Waals surface area contributed by atoms with E-state index in [0.717, 1.165) is 11.1 Å². The maximum absolute atomic E-state index is 12.3. The van der Waals surface area contributed by atoms with Gasteiger partial charge in [-0.15, -0.1) is 5.10 Å². The van der Waals surface area contributed by atoms with Crippen molar-refractivity contribution in [1.29, 1.82) is 0 Å². The highest BCUT2D eigenvalue weighted by atomic mass is 16.3. The largest absolute Gasteiger partial charge is 0.387 e. The molecule has 0 aliphatic rings. The molecule has 2 N–H and O–H groups in total. The zero-order valence-corrected chi connectivity index (χ0v) is 13.1. The summed E-state index contributed by atoms with van der Waals surface area (Å²) in [4.78, 5) is 12.3. The molecule has 0 bridgehead atoms. The van der Waals surface area contributed by atoms with Crippen LogP contribution in [0.3, 0.4) is 0 Å². The van der Waals surface area contributed by atoms with Crippen molar-refractivity contribution in [1.82, 2.24) is 25.5 Å². The number of nitrogens with zero attached hydrogens (tertiary/aromatic N) is 4. The summed E-state index contributed by atoms with van der Waals surface area (Å²) < 4.78 is 1.54. The first kappa shape index (κ1) is 15.8. The van der Waals surface area contributed by atoms with Crippen molar-refractivity contribution in [3.8, 4) is 11.4 Å². The van der Waals surface area contributed by atoms with Gasteiger partial charge in [0.05, 0.1) is 6.10 Å². The average Bonchev–Trinajstić information content (AvgIpc) is 3.06. The third-order valence-electron chi connectivity index (χ3n) is 3.64. The van der Waals surface area contributed by atoms with E-state index in [4.69, 9.17) is 0 Å². The van der Waals surface area contributed by atoms with Crippen molar-refractivity contribution >= 4 is 5.91 Å². The fraction of sp³-hybridized carbons (Fsp3) is 0.176. The molecule has 0 aliphatic carbocycles. The van der Waals surface area contributed by atoms with Gasteiger partial charge in [0.1, 0.15) is 0 Å². The van der Waals surface area contributed by atoms with E-state index in [1.807, 2.05) is 36.4 Å². The molecule has 3 rings (SSSR count). The lowest BCUT2D eigenvalue weighted by Crippen LogP contribution is -2.28. The second-order valence-corrected chi connectivity index (χ2v) is 5.34. The first-order chi connectivity index (χ1) is 11.6. The number of aliphatic hydroxyl groups excluding tert-OH is 1. The molecule has 0 radical (unpaired) electrons. The van der Waals surface area contributed by atoms with Gasteiger partial charge in [-0.05, 0) is 28.1 Å². The Bertz CT molecular complexity index is 832. The van der Waals surface area contributed by atoms with Crippen molar-refractivity contribution in [3.63, 3.8) is 0 Å². The van der Waals surface area contributed by atoms with Gasteiger partial charge in [0.25, 0.3) is 5.91 Å². The molecule has 1 amide bonds. The Hall–Kier alpha value is -3.06. The lowest BCUT2D eigenvalue weighted by molar-refractivity contribution is 0.0916. The van der Waals surface area contributed by atoms with E-state index in [9.17, 15) is 9.90 Å². The lowest BCUT2D eigenvalue weighted by atomic mass is 10.1. The highest BCUT2D eigenvalue weighted by molar-refractivity contribution is 5.95. The zero-order valence-electron chi connectivity index (χ0n) is 13.1. The van der Waals surface area contributed by atoms with Gasteiger partial charge in [-0.25, -0.2) is 4.68 Å². The number of rotatable bonds is 5. The lowest BCUT2D eigenvalue weighted by Gasteiger charge is -2.12. The van der Waals surface area contributed by atoms with Gasteiger partial charge in [-0.1, -0.05) is 42.5 Å². The van der Waals surface area contributed by atoms with Gasteiger partial charge in [0.2, 0.25) is 0 Å². The topological polar surface area (TPSA) is 92.9 Å². The molecular formula is C17H17N5O2. The number of carbonyl (C=O) groups excluding carboxylic acids is 1. The molecule has 7 nitrogen and oxygen atoms in total. The third-order valence-corrected chi connectivity index (χ3v) is 3.64. The molecule has 0 fully saturated rings. The molecule has 0 aliphatic heterocycles. The Morgan fingerprint density at radius 3 is 2.71 bits per heavy atom. The van der Waals surface area contributed by atoms with E-state index in [1.54, 1.807) is 25.2 Å². The van der Waals surface area contributed by atoms with Crippen molar-refractivity contribution in [2.45, 2.75) is 6.10 Å². The number of aromatic nitrogens is 4. The summed E-state index contributed by atoms with van der Waals surface area (Å²) in [5.41, 5.74) is 1.99. The molecule has 1 unspecified atom stereocenters. The predicted octanol–water partition coefficient (Wildman–Crippen LogP) is 1.34. The molecule has 0 saturated heterocycles. The van der Waals surface area contributed by atoms with Crippen LogP contribution < -0.4 is 5.32 Å². The summed E-state index contributed by atoms with van der Waals surface area (Å²) in [7, 11) is 1.73. The fourth-order valence-corrected chi connectivity index (χ4v) is 2.36. The molecule has 1 atom stereocenters. The summed E-state index contributed by atoms with van der Waals surface area (Å²) in [6, 6.07) is 16.2. The molecule has 122 valence electrons. The quantitative estimate of drug-likeness (QED) is 0.739. The highest BCUT2D eigenvalue weighted by Gasteiger charge is 2.12. The van der Waals surface area contributed by atoms with Crippen LogP contribution in [0.4, 0.5) is 0 Å². The van der Waals surface area contributed by atoms with Crippen LogP contribution in [0.1, 0.15) is 22.0 Å². The SMILES string of the molecule is Cn1nnnc1-c1cccc(C(=O)NCC(O)c2ccccc2)c1. The second kappa shape index (κ2) is 7.01. The minimum absolute atomic E-state index is 0.137. The number of aliphatic hydroxyl groups is 1. The molecule has 1 heterocycles. The summed E-state index contributed by atoms with van der Waals surface area (Å²) >= 11 is 0. The maximum Gasteiger partial charge on any atom is 0.251 e. The Kier molecular flexibility index (Phi) is 4.62. The predicted molar refractivity (Wildman–Crippen MR) is 88.0 cm³/mol. The van der Waals surface area contributed by atoms with Crippen LogP contribution in [-0.2, 0) is 7.05 Å². The van der Waals surface area contributed by atoms with Crippen molar-refractivity contribution in [3.05, 3.63) is 65.7 Å². The van der Waals surface area contributed by atoms with Crippen LogP contribution in [0.25, 0.3) is 11.4 Å². The first-order valence-corrected chi connectivity index (χ1v) is 7.49. The monoisotopic (exact) mass is 323 g/mol. The van der Waals surface area contributed by atoms with Gasteiger partial charge in [0.15, 0.2) is 5.82 Å². The minimum Gasteiger partial charge on any atom is -0.387 e. The van der Waals surface area contributed by atoms with E-state index in [0.29, 0.717) is 11.4 Å². The number of aryl methyl sites for hydroxylation is 1. The number of nitrogens with one attached hydrogen (secondary N) is 1. The number of hydrogen-bond donors (Lipinski definition) is 2. The molecule has 2 aromatic carbocycles. The van der Waals surface area contributed by atoms with Crippen molar-refractivity contribution in [2.24, 2.45) is 7.05 Å². The van der Waals surface area contributed by atoms with E-state index >= 15 is 0 Å². The maximum atomic E-state index is 12.3. The Labute approximate surface area is 138 Å². The average molecular weight is 323 g/mol. The number of benzene rings is 2. The Balaban J connectivity index is 1.68. The van der Waals surface area contributed by atoms with Gasteiger partial charge < -0.3 is 10.4 Å². The van der Waals surface area contributed by atoms with Crippen LogP contribution in [-0.4, -0.2) is 37.8 Å². The summed E-state index contributed by atoms with van der Waals surface area (Å²) in [6.45, 7) is 0.137. The van der Waals surface area contributed by atoms with Gasteiger partial charge in [-0.2, -0.15) is 0 Å². The first-order valence-electron chi connectivity index (χ1n) is 7.49. The van der Waals surface area contributed by atoms with Crippen molar-refractivity contribution < 1.29 is 9.90 Å². The normalized spacial score (nSPS) is 11.9. The summed E-state index contributed by atoms with van der Waals surface area (Å²) in [5, 5.41) is 24.2. The van der Waals surface area contributed by atoms with Gasteiger partial charge in [0, 0.05) is 24.7 Å². The molecule has 0 saturated carbocycles. The molecule has 3 aromatic rings. The molecule has 0 spiro atoms. The fourth-order valence-electron chi connectivity index (χ4n) is 2.36. The Morgan fingerprint density at radius 2 is 2.00 bits per heavy atom. The second-order valence-electron chi connectivity index (χ2n) is 5.34. The van der Waals surface area contributed by atoms with E-state index < -0.39 is 6.10 Å². The van der Waals surface area contributed by atoms with Crippen LogP contribution in [0.5, 0.6) is 0 Å². The third kappa shape index (κ3) is 3.47. The molecule has 1 aromatic heterocycles. The van der Waals surface area contributed by atoms with Crippen LogP contribution in [0.2, 0.25) is 0 Å². The number of hydrogen-bond acceptors (Lipinski definition) is 5. The van der Waals surface area contributed by atoms with Crippen LogP contribution in [0.15, 0.2) is 54.6 Å². The van der Waals surface area contributed by atoms with Crippen molar-refractivity contribution in [2.75, 3.05) is 6.54 Å². The van der Waals surface area contributed by atoms with Crippen LogP contribution >= 0.6 is 0 Å². The van der Waals surface area contributed by atoms with E-state index in [1.165, 1.54) is 4.68 Å². The summed E-state index contributed by atoms with van der Waals surface area (Å²) in [5.74, 6) is 0.316. The minimum atomic E-state index is -0.749. The summed E-state index contributed by atoms with van der Waals surface area (Å²) in [6.07, 6.45) is -0.749. The number of tetrazole rings is 1. The zero-order chi connectivity index (χ0) is 16.9. The van der Waals surface area contributed by atoms with Gasteiger partial charge >= 0.3 is 0 Å². The van der Waals surface area contributed by atoms with E-state index in [-0.39, 0.29) is 12.5 Å². The van der Waals surface area contributed by atoms with E-state index in [2.05, 4.69) is 20.8 Å². The smallest absolute Gasteiger partial charge is 0.251 e. The molecule has 7 heteroatoms. The molecule has 24 heavy (non-hydrogen) atoms. The number of carbonyl (C=O) groups is 1. The van der Waals surface area contributed by atoms with Crippen LogP contribution in [0, 0.1) is 0 Å². The Morgan fingerprint density at radius 1 is 1.21 bits per heavy atom. The van der Waals surface area contributed by atoms with Gasteiger partial charge in [-0.3, -0.25) is 4.79 Å². The highest BCUT2D eigenvalue weighted by Crippen LogP contribution is 2.17. The number of amides is 1.